The fourth-order valence-electron chi connectivity index (χ4n) is 1.82. The van der Waals surface area contributed by atoms with Gasteiger partial charge < -0.3 is 0 Å². The molecule has 13 heavy (non-hydrogen) atoms. The first kappa shape index (κ1) is 10.9. The highest BCUT2D eigenvalue weighted by Gasteiger charge is 2.16. The van der Waals surface area contributed by atoms with Crippen molar-refractivity contribution < 1.29 is 0 Å². The molecule has 0 bridgehead atoms. The Labute approximate surface area is 87.3 Å². The number of nitrogens with zero attached hydrogens (tertiary/aromatic N) is 1. The maximum absolute atomic E-state index is 4.28. The monoisotopic (exact) mass is 197 g/mol. The molecule has 1 saturated heterocycles. The van der Waals surface area contributed by atoms with Crippen LogP contribution in [0.5, 0.6) is 0 Å². The number of piperidine rings is 1. The minimum Gasteiger partial charge on any atom is -0.294 e. The van der Waals surface area contributed by atoms with E-state index in [9.17, 15) is 0 Å². The van der Waals surface area contributed by atoms with Gasteiger partial charge in [-0.3, -0.25) is 4.90 Å². The molecule has 0 aromatic heterocycles. The van der Waals surface area contributed by atoms with Crippen molar-refractivity contribution in [1.82, 2.24) is 4.90 Å². The first-order valence-corrected chi connectivity index (χ1v) is 5.73. The summed E-state index contributed by atoms with van der Waals surface area (Å²) in [7, 11) is 0. The predicted octanol–water partition coefficient (Wildman–Crippen LogP) is 2.39. The van der Waals surface area contributed by atoms with Crippen molar-refractivity contribution >= 4 is 12.6 Å². The van der Waals surface area contributed by atoms with Gasteiger partial charge in [0, 0.05) is 12.3 Å². The van der Waals surface area contributed by atoms with Crippen molar-refractivity contribution in [2.75, 3.05) is 19.0 Å². The van der Waals surface area contributed by atoms with E-state index >= 15 is 0 Å². The first-order valence-electron chi connectivity index (χ1n) is 5.09. The van der Waals surface area contributed by atoms with Gasteiger partial charge in [-0.1, -0.05) is 0 Å². The lowest BCUT2D eigenvalue weighted by Crippen LogP contribution is -2.32. The summed E-state index contributed by atoms with van der Waals surface area (Å²) in [5, 5.41) is 0. The van der Waals surface area contributed by atoms with Gasteiger partial charge in [-0.15, -0.1) is 11.8 Å². The summed E-state index contributed by atoms with van der Waals surface area (Å²) in [6, 6.07) is 0. The summed E-state index contributed by atoms with van der Waals surface area (Å²) in [6.45, 7) is 4.38. The smallest absolute Gasteiger partial charge is 0.0414 e. The third kappa shape index (κ3) is 4.06. The van der Waals surface area contributed by atoms with Gasteiger partial charge in [-0.05, 0) is 45.2 Å². The van der Waals surface area contributed by atoms with Gasteiger partial charge in [0.05, 0.1) is 0 Å². The highest BCUT2D eigenvalue weighted by atomic mass is 32.1. The molecular weight excluding hydrogens is 178 g/mol. The molecule has 0 N–H and O–H groups in total. The fraction of sp³-hybridized carbons (Fsp3) is 0.818. The highest BCUT2D eigenvalue weighted by molar-refractivity contribution is 7.80. The molecule has 0 aromatic rings. The lowest BCUT2D eigenvalue weighted by atomic mass is 9.92. The summed E-state index contributed by atoms with van der Waals surface area (Å²) in [6.07, 6.45) is 5.06. The van der Waals surface area contributed by atoms with Crippen LogP contribution in [0.3, 0.4) is 0 Å². The Morgan fingerprint density at radius 1 is 1.38 bits per heavy atom. The molecule has 74 valence electrons. The Morgan fingerprint density at radius 3 is 2.62 bits per heavy atom. The molecule has 0 amide bonds. The van der Waals surface area contributed by atoms with E-state index in [0.717, 1.165) is 18.2 Å². The summed E-state index contributed by atoms with van der Waals surface area (Å²) >= 11 is 4.28. The third-order valence-corrected chi connectivity index (χ3v) is 3.16. The Bertz CT molecular complexity index is 184. The van der Waals surface area contributed by atoms with E-state index in [2.05, 4.69) is 29.4 Å². The zero-order valence-electron chi connectivity index (χ0n) is 8.42. The Morgan fingerprint density at radius 2 is 2.08 bits per heavy atom. The van der Waals surface area contributed by atoms with Crippen LogP contribution in [0.4, 0.5) is 0 Å². The van der Waals surface area contributed by atoms with Gasteiger partial charge in [0.15, 0.2) is 0 Å². The minimum absolute atomic E-state index is 0.914. The molecule has 2 heteroatoms. The van der Waals surface area contributed by atoms with E-state index in [1.54, 1.807) is 0 Å². The summed E-state index contributed by atoms with van der Waals surface area (Å²) in [5.74, 6) is 7.93. The molecule has 0 aliphatic carbocycles. The molecule has 1 aliphatic rings. The van der Waals surface area contributed by atoms with Crippen LogP contribution in [-0.4, -0.2) is 23.9 Å². The van der Waals surface area contributed by atoms with Crippen LogP contribution in [0.15, 0.2) is 0 Å². The lowest BCUT2D eigenvalue weighted by molar-refractivity contribution is 0.206. The topological polar surface area (TPSA) is 3.24 Å². The quantitative estimate of drug-likeness (QED) is 0.537. The third-order valence-electron chi connectivity index (χ3n) is 2.76. The average Bonchev–Trinajstić information content (AvgIpc) is 2.19. The van der Waals surface area contributed by atoms with Crippen LogP contribution in [0, 0.1) is 17.8 Å². The summed E-state index contributed by atoms with van der Waals surface area (Å²) in [5.41, 5.74) is 0. The van der Waals surface area contributed by atoms with Crippen LogP contribution >= 0.6 is 12.6 Å². The van der Waals surface area contributed by atoms with Crippen molar-refractivity contribution in [3.05, 3.63) is 0 Å². The summed E-state index contributed by atoms with van der Waals surface area (Å²) in [4.78, 5) is 2.41. The molecule has 0 aromatic carbocycles. The second-order valence-corrected chi connectivity index (χ2v) is 3.95. The second kappa shape index (κ2) is 6.34. The molecule has 0 unspecified atom stereocenters. The molecule has 0 radical (unpaired) electrons. The Hall–Kier alpha value is -0.130. The average molecular weight is 197 g/mol. The van der Waals surface area contributed by atoms with Gasteiger partial charge in [-0.2, -0.15) is 12.6 Å². The van der Waals surface area contributed by atoms with Gasteiger partial charge in [0.2, 0.25) is 0 Å². The van der Waals surface area contributed by atoms with Crippen LogP contribution in [0.1, 0.15) is 32.6 Å². The molecule has 1 nitrogen and oxygen atoms in total. The molecular formula is C11H19NS. The zero-order valence-corrected chi connectivity index (χ0v) is 9.32. The number of thiol groups is 1. The van der Waals surface area contributed by atoms with Gasteiger partial charge in [0.1, 0.15) is 0 Å². The maximum Gasteiger partial charge on any atom is 0.0414 e. The Kier molecular flexibility index (Phi) is 5.34. The molecule has 1 aliphatic heterocycles. The van der Waals surface area contributed by atoms with E-state index in [0.29, 0.717) is 0 Å². The summed E-state index contributed by atoms with van der Waals surface area (Å²) < 4.78 is 0. The van der Waals surface area contributed by atoms with Crippen molar-refractivity contribution in [3.63, 3.8) is 0 Å². The molecule has 1 fully saturated rings. The zero-order chi connectivity index (χ0) is 9.52. The SMILES string of the molecule is CC#CCCC1CCN(CS)CC1. The van der Waals surface area contributed by atoms with Crippen molar-refractivity contribution in [1.29, 1.82) is 0 Å². The largest absolute Gasteiger partial charge is 0.294 e. The van der Waals surface area contributed by atoms with E-state index in [4.69, 9.17) is 0 Å². The van der Waals surface area contributed by atoms with Gasteiger partial charge >= 0.3 is 0 Å². The maximum atomic E-state index is 4.28. The number of hydrogen-bond acceptors (Lipinski definition) is 2. The van der Waals surface area contributed by atoms with Crippen LogP contribution in [-0.2, 0) is 0 Å². The standard InChI is InChI=1S/C11H19NS/c1-2-3-4-5-11-6-8-12(10-13)9-7-11/h11,13H,4-10H2,1H3. The van der Waals surface area contributed by atoms with E-state index < -0.39 is 0 Å². The Balaban J connectivity index is 2.12. The predicted molar refractivity (Wildman–Crippen MR) is 60.8 cm³/mol. The van der Waals surface area contributed by atoms with E-state index in [-0.39, 0.29) is 0 Å². The van der Waals surface area contributed by atoms with Gasteiger partial charge in [-0.25, -0.2) is 0 Å². The second-order valence-electron chi connectivity index (χ2n) is 3.67. The number of rotatable bonds is 3. The molecule has 1 heterocycles. The van der Waals surface area contributed by atoms with Crippen molar-refractivity contribution in [2.45, 2.75) is 32.6 Å². The van der Waals surface area contributed by atoms with Gasteiger partial charge in [0.25, 0.3) is 0 Å². The fourth-order valence-corrected chi connectivity index (χ4v) is 2.10. The van der Waals surface area contributed by atoms with Crippen LogP contribution < -0.4 is 0 Å². The molecule has 1 rings (SSSR count). The van der Waals surface area contributed by atoms with Crippen LogP contribution in [0.25, 0.3) is 0 Å². The lowest BCUT2D eigenvalue weighted by Gasteiger charge is -2.30. The minimum atomic E-state index is 0.914. The van der Waals surface area contributed by atoms with E-state index in [1.807, 2.05) is 6.92 Å². The number of hydrogen-bond donors (Lipinski definition) is 1. The van der Waals surface area contributed by atoms with Crippen molar-refractivity contribution in [2.24, 2.45) is 5.92 Å². The molecule has 0 spiro atoms. The molecule has 0 atom stereocenters. The molecule has 0 saturated carbocycles. The normalized spacial score (nSPS) is 19.5. The van der Waals surface area contributed by atoms with Crippen molar-refractivity contribution in [3.8, 4) is 11.8 Å². The highest BCUT2D eigenvalue weighted by Crippen LogP contribution is 2.21. The first-order chi connectivity index (χ1) is 6.36. The van der Waals surface area contributed by atoms with Crippen LogP contribution in [0.2, 0.25) is 0 Å². The number of likely N-dealkylation sites (tertiary alicyclic amines) is 1. The van der Waals surface area contributed by atoms with E-state index in [1.165, 1.54) is 32.4 Å².